The van der Waals surface area contributed by atoms with Gasteiger partial charge in [-0.05, 0) is 35.9 Å². The van der Waals surface area contributed by atoms with Crippen molar-refractivity contribution < 1.29 is 23.9 Å². The highest BCUT2D eigenvalue weighted by atomic mass is 16.5. The van der Waals surface area contributed by atoms with Gasteiger partial charge < -0.3 is 9.47 Å². The van der Waals surface area contributed by atoms with Crippen molar-refractivity contribution in [1.82, 2.24) is 10.9 Å². The first-order valence-electron chi connectivity index (χ1n) is 9.20. The van der Waals surface area contributed by atoms with E-state index in [1.54, 1.807) is 54.6 Å². The second-order valence-corrected chi connectivity index (χ2v) is 6.25. The van der Waals surface area contributed by atoms with Crippen LogP contribution in [-0.4, -0.2) is 24.4 Å². The molecule has 0 spiro atoms. The Balaban J connectivity index is 1.45. The van der Waals surface area contributed by atoms with Crippen molar-refractivity contribution in [2.45, 2.75) is 6.61 Å². The standard InChI is InChI=1S/C23H20N2O5/c26-21(24-25-22(27)18-10-5-2-6-11-18)16-30-23(28)19-12-7-13-20(14-19)29-15-17-8-3-1-4-9-17/h1-14H,15-16H2,(H,24,26)(H,25,27). The minimum Gasteiger partial charge on any atom is -0.489 e. The van der Waals surface area contributed by atoms with Crippen LogP contribution in [0.1, 0.15) is 26.3 Å². The van der Waals surface area contributed by atoms with E-state index < -0.39 is 24.4 Å². The summed E-state index contributed by atoms with van der Waals surface area (Å²) in [7, 11) is 0. The Bertz CT molecular complexity index is 1010. The molecule has 0 aliphatic rings. The second kappa shape index (κ2) is 10.4. The summed E-state index contributed by atoms with van der Waals surface area (Å²) in [5.41, 5.74) is 6.09. The van der Waals surface area contributed by atoms with Crippen LogP contribution in [0.5, 0.6) is 5.75 Å². The molecule has 7 nitrogen and oxygen atoms in total. The summed E-state index contributed by atoms with van der Waals surface area (Å²) in [5, 5.41) is 0. The average molecular weight is 404 g/mol. The van der Waals surface area contributed by atoms with Crippen LogP contribution in [0.2, 0.25) is 0 Å². The topological polar surface area (TPSA) is 93.7 Å². The molecular formula is C23H20N2O5. The summed E-state index contributed by atoms with van der Waals surface area (Å²) in [4.78, 5) is 35.9. The molecule has 0 atom stereocenters. The maximum absolute atomic E-state index is 12.2. The highest BCUT2D eigenvalue weighted by Crippen LogP contribution is 2.16. The van der Waals surface area contributed by atoms with E-state index in [4.69, 9.17) is 9.47 Å². The second-order valence-electron chi connectivity index (χ2n) is 6.25. The number of rotatable bonds is 7. The van der Waals surface area contributed by atoms with Gasteiger partial charge in [-0.3, -0.25) is 20.4 Å². The van der Waals surface area contributed by atoms with Gasteiger partial charge in [-0.1, -0.05) is 54.6 Å². The van der Waals surface area contributed by atoms with E-state index in [0.29, 0.717) is 17.9 Å². The van der Waals surface area contributed by atoms with Gasteiger partial charge in [0.15, 0.2) is 6.61 Å². The van der Waals surface area contributed by atoms with Crippen LogP contribution in [0, 0.1) is 0 Å². The Labute approximate surface area is 173 Å². The normalized spacial score (nSPS) is 10.0. The molecule has 0 unspecified atom stereocenters. The maximum Gasteiger partial charge on any atom is 0.338 e. The molecule has 3 aromatic rings. The molecule has 30 heavy (non-hydrogen) atoms. The number of nitrogens with one attached hydrogen (secondary N) is 2. The van der Waals surface area contributed by atoms with E-state index in [9.17, 15) is 14.4 Å². The molecule has 0 aromatic heterocycles. The van der Waals surface area contributed by atoms with Crippen molar-refractivity contribution in [1.29, 1.82) is 0 Å². The molecule has 0 saturated carbocycles. The fourth-order valence-electron chi connectivity index (χ4n) is 2.49. The van der Waals surface area contributed by atoms with Gasteiger partial charge >= 0.3 is 5.97 Å². The van der Waals surface area contributed by atoms with Gasteiger partial charge in [0.05, 0.1) is 5.56 Å². The maximum atomic E-state index is 12.2. The molecule has 152 valence electrons. The number of hydrazine groups is 1. The van der Waals surface area contributed by atoms with Crippen LogP contribution in [-0.2, 0) is 16.1 Å². The number of carbonyl (C=O) groups excluding carboxylic acids is 3. The molecular weight excluding hydrogens is 384 g/mol. The summed E-state index contributed by atoms with van der Waals surface area (Å²) in [6.07, 6.45) is 0. The zero-order valence-electron chi connectivity index (χ0n) is 16.0. The van der Waals surface area contributed by atoms with Crippen LogP contribution in [0.4, 0.5) is 0 Å². The fourth-order valence-corrected chi connectivity index (χ4v) is 2.49. The number of benzene rings is 3. The summed E-state index contributed by atoms with van der Waals surface area (Å²) in [6, 6.07) is 24.5. The highest BCUT2D eigenvalue weighted by Gasteiger charge is 2.12. The number of hydrogen-bond donors (Lipinski definition) is 2. The molecule has 0 bridgehead atoms. The third kappa shape index (κ3) is 6.20. The van der Waals surface area contributed by atoms with E-state index >= 15 is 0 Å². The summed E-state index contributed by atoms with van der Waals surface area (Å²) in [6.45, 7) is -0.175. The third-order valence-corrected chi connectivity index (χ3v) is 4.00. The highest BCUT2D eigenvalue weighted by molar-refractivity contribution is 5.96. The van der Waals surface area contributed by atoms with Crippen LogP contribution >= 0.6 is 0 Å². The van der Waals surface area contributed by atoms with Crippen molar-refractivity contribution in [3.63, 3.8) is 0 Å². The Kier molecular flexibility index (Phi) is 7.16. The molecule has 0 saturated heterocycles. The molecule has 0 radical (unpaired) electrons. The first-order valence-corrected chi connectivity index (χ1v) is 9.20. The lowest BCUT2D eigenvalue weighted by atomic mass is 10.2. The summed E-state index contributed by atoms with van der Waals surface area (Å²) < 4.78 is 10.7. The minimum absolute atomic E-state index is 0.252. The van der Waals surface area contributed by atoms with Gasteiger partial charge in [-0.15, -0.1) is 0 Å². The van der Waals surface area contributed by atoms with Crippen LogP contribution in [0.25, 0.3) is 0 Å². The van der Waals surface area contributed by atoms with Gasteiger partial charge in [0.25, 0.3) is 11.8 Å². The molecule has 3 rings (SSSR count). The SMILES string of the molecule is O=C(COC(=O)c1cccc(OCc2ccccc2)c1)NNC(=O)c1ccccc1. The lowest BCUT2D eigenvalue weighted by molar-refractivity contribution is -0.125. The van der Waals surface area contributed by atoms with Gasteiger partial charge in [-0.2, -0.15) is 0 Å². The molecule has 0 aliphatic heterocycles. The Morgan fingerprint density at radius 2 is 1.40 bits per heavy atom. The van der Waals surface area contributed by atoms with Gasteiger partial charge in [0, 0.05) is 5.56 Å². The third-order valence-electron chi connectivity index (χ3n) is 4.00. The number of amides is 2. The lowest BCUT2D eigenvalue weighted by Gasteiger charge is -2.09. The van der Waals surface area contributed by atoms with Crippen LogP contribution in [0.3, 0.4) is 0 Å². The monoisotopic (exact) mass is 404 g/mol. The Hall–Kier alpha value is -4.13. The molecule has 0 aliphatic carbocycles. The van der Waals surface area contributed by atoms with E-state index in [0.717, 1.165) is 5.56 Å². The van der Waals surface area contributed by atoms with Crippen LogP contribution in [0.15, 0.2) is 84.9 Å². The fraction of sp³-hybridized carbons (Fsp3) is 0.0870. The Morgan fingerprint density at radius 1 is 0.733 bits per heavy atom. The zero-order valence-corrected chi connectivity index (χ0v) is 16.0. The molecule has 2 amide bonds. The number of ether oxygens (including phenoxy) is 2. The van der Waals surface area contributed by atoms with Crippen molar-refractivity contribution in [3.05, 3.63) is 102 Å². The molecule has 0 fully saturated rings. The average Bonchev–Trinajstić information content (AvgIpc) is 2.81. The molecule has 7 heteroatoms. The van der Waals surface area contributed by atoms with Gasteiger partial charge in [-0.25, -0.2) is 4.79 Å². The summed E-state index contributed by atoms with van der Waals surface area (Å²) >= 11 is 0. The summed E-state index contributed by atoms with van der Waals surface area (Å²) in [5.74, 6) is -1.31. The largest absolute Gasteiger partial charge is 0.489 e. The van der Waals surface area contributed by atoms with E-state index in [1.807, 2.05) is 30.3 Å². The smallest absolute Gasteiger partial charge is 0.338 e. The van der Waals surface area contributed by atoms with Crippen molar-refractivity contribution in [3.8, 4) is 5.75 Å². The number of carbonyl (C=O) groups is 3. The molecule has 2 N–H and O–H groups in total. The molecule has 3 aromatic carbocycles. The Morgan fingerprint density at radius 3 is 2.13 bits per heavy atom. The molecule has 0 heterocycles. The predicted molar refractivity (Wildman–Crippen MR) is 110 cm³/mol. The van der Waals surface area contributed by atoms with E-state index in [2.05, 4.69) is 10.9 Å². The number of hydrogen-bond acceptors (Lipinski definition) is 5. The van der Waals surface area contributed by atoms with Crippen molar-refractivity contribution >= 4 is 17.8 Å². The first kappa shape index (κ1) is 20.6. The quantitative estimate of drug-likeness (QED) is 0.467. The zero-order chi connectivity index (χ0) is 21.2. The van der Waals surface area contributed by atoms with Gasteiger partial charge in [0.2, 0.25) is 0 Å². The van der Waals surface area contributed by atoms with Crippen LogP contribution < -0.4 is 15.6 Å². The predicted octanol–water partition coefficient (Wildman–Crippen LogP) is 2.88. The van der Waals surface area contributed by atoms with E-state index in [1.165, 1.54) is 0 Å². The van der Waals surface area contributed by atoms with Gasteiger partial charge in [0.1, 0.15) is 12.4 Å². The first-order chi connectivity index (χ1) is 14.6. The van der Waals surface area contributed by atoms with Crippen molar-refractivity contribution in [2.75, 3.05) is 6.61 Å². The minimum atomic E-state index is -0.676. The number of esters is 1. The lowest BCUT2D eigenvalue weighted by Crippen LogP contribution is -2.43. The van der Waals surface area contributed by atoms with E-state index in [-0.39, 0.29) is 5.56 Å². The van der Waals surface area contributed by atoms with Crippen molar-refractivity contribution in [2.24, 2.45) is 0 Å².